The van der Waals surface area contributed by atoms with Crippen molar-refractivity contribution in [2.45, 2.75) is 19.4 Å². The number of phenols is 1. The number of hydrogen-bond donors (Lipinski definition) is 3. The van der Waals surface area contributed by atoms with E-state index in [9.17, 15) is 14.7 Å². The van der Waals surface area contributed by atoms with Crippen LogP contribution in [0.4, 0.5) is 10.5 Å². The molecule has 2 aromatic carbocycles. The van der Waals surface area contributed by atoms with Crippen LogP contribution < -0.4 is 5.32 Å². The van der Waals surface area contributed by atoms with Gasteiger partial charge in [-0.2, -0.15) is 12.6 Å². The zero-order valence-electron chi connectivity index (χ0n) is 15.9. The van der Waals surface area contributed by atoms with Crippen LogP contribution in [0.25, 0.3) is 0 Å². The lowest BCUT2D eigenvalue weighted by atomic mass is 9.94. The highest BCUT2D eigenvalue weighted by molar-refractivity contribution is 9.11. The molecule has 2 aromatic rings. The summed E-state index contributed by atoms with van der Waals surface area (Å²) in [5.41, 5.74) is 0.993. The first kappa shape index (κ1) is 25.0. The Morgan fingerprint density at radius 1 is 1.13 bits per heavy atom. The van der Waals surface area contributed by atoms with Gasteiger partial charge in [0.1, 0.15) is 11.9 Å². The van der Waals surface area contributed by atoms with Crippen molar-refractivity contribution in [3.63, 3.8) is 0 Å². The molecule has 0 spiro atoms. The molecule has 0 aliphatic heterocycles. The Balaban J connectivity index is 2.21. The predicted octanol–water partition coefficient (Wildman–Crippen LogP) is 6.47. The summed E-state index contributed by atoms with van der Waals surface area (Å²) < 4.78 is 12.8. The first-order valence-corrected chi connectivity index (χ1v) is 11.9. The third kappa shape index (κ3) is 7.47. The fourth-order valence-electron chi connectivity index (χ4n) is 2.64. The van der Waals surface area contributed by atoms with Crippen molar-refractivity contribution in [1.82, 2.24) is 0 Å². The Bertz CT molecular complexity index is 895. The van der Waals surface area contributed by atoms with Gasteiger partial charge < -0.3 is 14.6 Å². The van der Waals surface area contributed by atoms with E-state index in [0.29, 0.717) is 26.6 Å². The average Bonchev–Trinajstić information content (AvgIpc) is 2.70. The number of benzene rings is 2. The molecule has 0 aliphatic carbocycles. The van der Waals surface area contributed by atoms with Gasteiger partial charge in [-0.05, 0) is 58.7 Å². The molecule has 1 amide bonds. The zero-order chi connectivity index (χ0) is 22.3. The van der Waals surface area contributed by atoms with Crippen LogP contribution in [0, 0.1) is 5.92 Å². The lowest BCUT2D eigenvalue weighted by Gasteiger charge is -2.26. The molecule has 0 aromatic heterocycles. The van der Waals surface area contributed by atoms with Crippen molar-refractivity contribution >= 4 is 78.2 Å². The summed E-state index contributed by atoms with van der Waals surface area (Å²) in [4.78, 5) is 23.9. The van der Waals surface area contributed by atoms with E-state index in [1.807, 2.05) is 6.92 Å². The van der Waals surface area contributed by atoms with Gasteiger partial charge in [0.05, 0.1) is 16.8 Å². The van der Waals surface area contributed by atoms with E-state index in [1.165, 1.54) is 0 Å². The Hall–Kier alpha value is -1.23. The van der Waals surface area contributed by atoms with E-state index < -0.39 is 18.2 Å². The van der Waals surface area contributed by atoms with Gasteiger partial charge in [-0.1, -0.05) is 38.8 Å². The lowest BCUT2D eigenvalue weighted by molar-refractivity contribution is -0.141. The number of ether oxygens (including phenoxy) is 2. The second-order valence-electron chi connectivity index (χ2n) is 6.43. The molecule has 0 fully saturated rings. The molecule has 0 aliphatic rings. The smallest absolute Gasteiger partial charge is 0.412 e. The van der Waals surface area contributed by atoms with Crippen LogP contribution in [0.2, 0.25) is 0 Å². The molecule has 0 unspecified atom stereocenters. The van der Waals surface area contributed by atoms with Gasteiger partial charge in [-0.15, -0.1) is 0 Å². The van der Waals surface area contributed by atoms with Crippen molar-refractivity contribution in [3.8, 4) is 5.75 Å². The third-order valence-corrected chi connectivity index (χ3v) is 6.02. The number of carbonyl (C=O) groups excluding carboxylic acids is 2. The van der Waals surface area contributed by atoms with Crippen molar-refractivity contribution < 1.29 is 24.2 Å². The highest BCUT2D eigenvalue weighted by Gasteiger charge is 2.28. The van der Waals surface area contributed by atoms with E-state index >= 15 is 0 Å². The van der Waals surface area contributed by atoms with Gasteiger partial charge in [0, 0.05) is 26.1 Å². The second-order valence-corrected chi connectivity index (χ2v) is 9.43. The van der Waals surface area contributed by atoms with Crippen LogP contribution in [0.5, 0.6) is 5.75 Å². The summed E-state index contributed by atoms with van der Waals surface area (Å²) in [6.45, 7) is 1.99. The highest BCUT2D eigenvalue weighted by atomic mass is 79.9. The van der Waals surface area contributed by atoms with E-state index in [4.69, 9.17) is 9.47 Å². The SMILES string of the molecule is C[C@@H](CCOC(=O)CS)[C@H](OC(=O)Nc1ccc(Br)cc1)c1cc(Br)cc(Br)c1O. The number of thiol groups is 1. The summed E-state index contributed by atoms with van der Waals surface area (Å²) in [5, 5.41) is 13.2. The van der Waals surface area contributed by atoms with Gasteiger partial charge in [-0.25, -0.2) is 4.79 Å². The van der Waals surface area contributed by atoms with Crippen LogP contribution in [-0.4, -0.2) is 29.5 Å². The summed E-state index contributed by atoms with van der Waals surface area (Å²) >= 11 is 13.9. The summed E-state index contributed by atoms with van der Waals surface area (Å²) in [5.74, 6) is -0.730. The minimum Gasteiger partial charge on any atom is -0.506 e. The maximum Gasteiger partial charge on any atom is 0.412 e. The number of halogens is 3. The summed E-state index contributed by atoms with van der Waals surface area (Å²) in [6.07, 6.45) is -1.04. The summed E-state index contributed by atoms with van der Waals surface area (Å²) in [7, 11) is 0. The maximum absolute atomic E-state index is 12.5. The summed E-state index contributed by atoms with van der Waals surface area (Å²) in [6, 6.07) is 10.4. The molecular weight excluding hydrogens is 606 g/mol. The number of aromatic hydroxyl groups is 1. The Morgan fingerprint density at radius 3 is 2.43 bits per heavy atom. The third-order valence-electron chi connectivity index (χ3n) is 4.17. The van der Waals surface area contributed by atoms with Crippen LogP contribution in [0.1, 0.15) is 25.0 Å². The van der Waals surface area contributed by atoms with Crippen molar-refractivity contribution in [3.05, 3.63) is 55.4 Å². The Morgan fingerprint density at radius 2 is 1.80 bits per heavy atom. The molecule has 162 valence electrons. The van der Waals surface area contributed by atoms with Gasteiger partial charge in [-0.3, -0.25) is 10.1 Å². The fourth-order valence-corrected chi connectivity index (χ4v) is 4.25. The number of phenolic OH excluding ortho intramolecular Hbond substituents is 1. The average molecular weight is 626 g/mol. The quantitative estimate of drug-likeness (QED) is 0.231. The molecule has 0 heterocycles. The fraction of sp³-hybridized carbons (Fsp3) is 0.300. The van der Waals surface area contributed by atoms with Crippen LogP contribution in [-0.2, 0) is 14.3 Å². The van der Waals surface area contributed by atoms with Crippen molar-refractivity contribution in [2.75, 3.05) is 17.7 Å². The number of carbonyl (C=O) groups is 2. The first-order valence-electron chi connectivity index (χ1n) is 8.88. The minimum atomic E-state index is -0.788. The topological polar surface area (TPSA) is 84.9 Å². The number of nitrogens with one attached hydrogen (secondary N) is 1. The molecule has 2 atom stereocenters. The molecule has 0 radical (unpaired) electrons. The van der Waals surface area contributed by atoms with E-state index in [0.717, 1.165) is 4.47 Å². The molecular formula is C20H20Br3NO5S. The van der Waals surface area contributed by atoms with Crippen molar-refractivity contribution in [1.29, 1.82) is 0 Å². The second kappa shape index (κ2) is 12.0. The molecule has 30 heavy (non-hydrogen) atoms. The standard InChI is InChI=1S/C20H20Br3NO5S/c1-11(6-7-28-17(25)10-30)19(15-8-13(22)9-16(23)18(15)26)29-20(27)24-14-4-2-12(21)3-5-14/h2-5,8-9,11,19,26,30H,6-7,10H2,1H3,(H,24,27)/t11-,19-/m0/s1. The predicted molar refractivity (Wildman–Crippen MR) is 129 cm³/mol. The number of anilines is 1. The molecule has 0 saturated carbocycles. The maximum atomic E-state index is 12.5. The molecule has 0 saturated heterocycles. The molecule has 0 bridgehead atoms. The molecule has 2 rings (SSSR count). The first-order chi connectivity index (χ1) is 14.2. The number of rotatable bonds is 8. The molecule has 10 heteroatoms. The van der Waals surface area contributed by atoms with Gasteiger partial charge >= 0.3 is 12.1 Å². The minimum absolute atomic E-state index is 0.0106. The van der Waals surface area contributed by atoms with Gasteiger partial charge in [0.15, 0.2) is 0 Å². The van der Waals surface area contributed by atoms with Crippen LogP contribution in [0.15, 0.2) is 49.8 Å². The number of amides is 1. The zero-order valence-corrected chi connectivity index (χ0v) is 21.6. The normalized spacial score (nSPS) is 12.7. The van der Waals surface area contributed by atoms with Crippen LogP contribution in [0.3, 0.4) is 0 Å². The Kier molecular flexibility index (Phi) is 9.99. The highest BCUT2D eigenvalue weighted by Crippen LogP contribution is 2.40. The van der Waals surface area contributed by atoms with Crippen molar-refractivity contribution in [2.24, 2.45) is 5.92 Å². The number of hydrogen-bond acceptors (Lipinski definition) is 6. The Labute approximate surface area is 205 Å². The monoisotopic (exact) mass is 623 g/mol. The molecule has 2 N–H and O–H groups in total. The van der Waals surface area contributed by atoms with E-state index in [1.54, 1.807) is 36.4 Å². The van der Waals surface area contributed by atoms with Gasteiger partial charge in [0.25, 0.3) is 0 Å². The molecule has 6 nitrogen and oxygen atoms in total. The van der Waals surface area contributed by atoms with E-state index in [-0.39, 0.29) is 24.0 Å². The van der Waals surface area contributed by atoms with E-state index in [2.05, 4.69) is 65.7 Å². The lowest BCUT2D eigenvalue weighted by Crippen LogP contribution is -2.23. The van der Waals surface area contributed by atoms with Crippen LogP contribution >= 0.6 is 60.4 Å². The van der Waals surface area contributed by atoms with Gasteiger partial charge in [0.2, 0.25) is 0 Å². The number of esters is 1. The largest absolute Gasteiger partial charge is 0.506 e.